The molecule has 3 aromatic carbocycles. The van der Waals surface area contributed by atoms with Crippen molar-refractivity contribution in [2.75, 3.05) is 23.8 Å². The van der Waals surface area contributed by atoms with Gasteiger partial charge in [0.15, 0.2) is 10.1 Å². The Kier molecular flexibility index (Phi) is 11.5. The molecule has 0 aliphatic rings. The van der Waals surface area contributed by atoms with E-state index < -0.39 is 27.8 Å². The minimum atomic E-state index is -6.09. The Balaban J connectivity index is 0.000000583. The third-order valence-electron chi connectivity index (χ3n) is 6.23. The fourth-order valence-electron chi connectivity index (χ4n) is 4.41. The number of alkyl halides is 3. The molecule has 0 fully saturated rings. The van der Waals surface area contributed by atoms with Crippen LogP contribution in [-0.2, 0) is 26.1 Å². The van der Waals surface area contributed by atoms with Crippen LogP contribution < -0.4 is 15.2 Å². The molecule has 10 nitrogen and oxygen atoms in total. The molecule has 236 valence electrons. The van der Waals surface area contributed by atoms with Gasteiger partial charge in [-0.05, 0) is 50.2 Å². The number of ether oxygens (including phenoxy) is 2. The molecule has 2 amide bonds. The van der Waals surface area contributed by atoms with E-state index in [1.54, 1.807) is 13.8 Å². The molecule has 0 aliphatic carbocycles. The van der Waals surface area contributed by atoms with E-state index in [4.69, 9.17) is 22.4 Å². The highest BCUT2D eigenvalue weighted by Gasteiger charge is 2.37. The van der Waals surface area contributed by atoms with Crippen LogP contribution in [0.2, 0.25) is 0 Å². The van der Waals surface area contributed by atoms with Crippen molar-refractivity contribution in [3.8, 4) is 11.3 Å². The lowest BCUT2D eigenvalue weighted by Gasteiger charge is -2.15. The summed E-state index contributed by atoms with van der Waals surface area (Å²) in [4.78, 5) is 24.2. The lowest BCUT2D eigenvalue weighted by atomic mass is 9.98. The first-order valence-corrected chi connectivity index (χ1v) is 15.1. The summed E-state index contributed by atoms with van der Waals surface area (Å²) in [6.45, 7) is 7.13. The third-order valence-corrected chi connectivity index (χ3v) is 6.80. The molecule has 0 aliphatic heterocycles. The number of benzene rings is 3. The van der Waals surface area contributed by atoms with Crippen molar-refractivity contribution in [2.24, 2.45) is 0 Å². The molecule has 0 spiro atoms. The van der Waals surface area contributed by atoms with Gasteiger partial charge in [0.2, 0.25) is 11.2 Å². The van der Waals surface area contributed by atoms with Crippen LogP contribution >= 0.6 is 0 Å². The van der Waals surface area contributed by atoms with Gasteiger partial charge in [0.1, 0.15) is 6.54 Å². The Hall–Kier alpha value is -4.43. The number of carbonyl (C=O) groups is 2. The fourth-order valence-corrected chi connectivity index (χ4v) is 4.41. The highest BCUT2D eigenvalue weighted by atomic mass is 32.2. The molecule has 0 atom stereocenters. The van der Waals surface area contributed by atoms with Crippen molar-refractivity contribution in [3.63, 3.8) is 0 Å². The summed E-state index contributed by atoms with van der Waals surface area (Å²) in [5.74, 6) is 0. The first kappa shape index (κ1) is 34.1. The van der Waals surface area contributed by atoms with E-state index in [2.05, 4.69) is 34.3 Å². The maximum atomic E-state index is 12.1. The monoisotopic (exact) mass is 635 g/mol. The van der Waals surface area contributed by atoms with Crippen molar-refractivity contribution in [2.45, 2.75) is 45.7 Å². The molecule has 4 aromatic rings. The average Bonchev–Trinajstić information content (AvgIpc) is 2.95. The molecular formula is C30H32F3N3O7S. The van der Waals surface area contributed by atoms with Crippen molar-refractivity contribution in [1.29, 1.82) is 0 Å². The van der Waals surface area contributed by atoms with Gasteiger partial charge in [-0.3, -0.25) is 10.6 Å². The topological polar surface area (TPSA) is 138 Å². The number of fused-ring (bicyclic) bond motifs is 3. The second-order valence-electron chi connectivity index (χ2n) is 9.30. The number of anilines is 2. The number of hydrogen-bond acceptors (Lipinski definition) is 7. The van der Waals surface area contributed by atoms with E-state index in [-0.39, 0.29) is 0 Å². The highest BCUT2D eigenvalue weighted by Crippen LogP contribution is 2.34. The number of nitrogens with one attached hydrogen (secondary N) is 2. The predicted molar refractivity (Wildman–Crippen MR) is 159 cm³/mol. The fraction of sp³-hybridized carbons (Fsp3) is 0.300. The second kappa shape index (κ2) is 14.8. The maximum absolute atomic E-state index is 12.1. The number of unbranched alkanes of at least 4 members (excludes halogenated alkanes) is 1. The van der Waals surface area contributed by atoms with Crippen LogP contribution in [0.5, 0.6) is 0 Å². The Bertz CT molecular complexity index is 1730. The molecule has 4 rings (SSSR count). The number of pyridine rings is 1. The zero-order valence-electron chi connectivity index (χ0n) is 24.2. The van der Waals surface area contributed by atoms with E-state index in [0.29, 0.717) is 24.6 Å². The Morgan fingerprint density at radius 2 is 1.34 bits per heavy atom. The minimum absolute atomic E-state index is 0.304. The van der Waals surface area contributed by atoms with Gasteiger partial charge in [0.05, 0.1) is 29.7 Å². The first-order valence-electron chi connectivity index (χ1n) is 13.7. The standard InChI is InChI=1S/C29H31N3O4.CHF3O3S/c1-4-7-17-32-26-19-22(31-29(34)36-6-3)14-16-24(26)23-15-13-21(30-28(33)35-5-2)18-25(23)27(32)20-11-9-8-10-12-20;2-1(3,4)8(5,6)7/h8-16,18-19H,4-7,17H2,1-3H3,(H,30,33);(H,5,6,7). The van der Waals surface area contributed by atoms with E-state index in [1.165, 1.54) is 0 Å². The van der Waals surface area contributed by atoms with Crippen LogP contribution in [0, 0.1) is 0 Å². The van der Waals surface area contributed by atoms with Crippen LogP contribution in [0.4, 0.5) is 34.1 Å². The van der Waals surface area contributed by atoms with Gasteiger partial charge in [-0.2, -0.15) is 17.7 Å². The van der Waals surface area contributed by atoms with Crippen molar-refractivity contribution < 1.29 is 49.8 Å². The molecule has 0 saturated heterocycles. The summed E-state index contributed by atoms with van der Waals surface area (Å²) < 4.78 is 71.4. The number of aryl methyl sites for hydroxylation is 1. The highest BCUT2D eigenvalue weighted by molar-refractivity contribution is 7.86. The van der Waals surface area contributed by atoms with Crippen LogP contribution in [0.15, 0.2) is 66.7 Å². The number of hydrogen-bond donors (Lipinski definition) is 2. The molecule has 44 heavy (non-hydrogen) atoms. The molecule has 0 unspecified atom stereocenters. The Labute approximate surface area is 252 Å². The predicted octanol–water partition coefficient (Wildman–Crippen LogP) is 6.94. The lowest BCUT2D eigenvalue weighted by Crippen LogP contribution is -2.37. The molecule has 14 heteroatoms. The van der Waals surface area contributed by atoms with Crippen LogP contribution in [-0.4, -0.2) is 43.9 Å². The summed E-state index contributed by atoms with van der Waals surface area (Å²) in [5.41, 5.74) is -1.18. The van der Waals surface area contributed by atoms with E-state index in [9.17, 15) is 22.8 Å². The smallest absolute Gasteiger partial charge is 0.485 e. The molecule has 1 heterocycles. The molecule has 0 saturated carbocycles. The zero-order chi connectivity index (χ0) is 32.5. The summed E-state index contributed by atoms with van der Waals surface area (Å²) in [5, 5.41) is 8.79. The number of halogens is 3. The quantitative estimate of drug-likeness (QED) is 0.0926. The van der Waals surface area contributed by atoms with Gasteiger partial charge in [0.25, 0.3) is 0 Å². The lowest BCUT2D eigenvalue weighted by molar-refractivity contribution is -0.659. The number of amides is 2. The van der Waals surface area contributed by atoms with Crippen molar-refractivity contribution in [3.05, 3.63) is 66.7 Å². The van der Waals surface area contributed by atoms with Gasteiger partial charge in [-0.15, -0.1) is 0 Å². The van der Waals surface area contributed by atoms with E-state index in [0.717, 1.165) is 52.3 Å². The van der Waals surface area contributed by atoms with Crippen molar-refractivity contribution >= 4 is 55.4 Å². The maximum Gasteiger partial charge on any atom is 0.485 e. The van der Waals surface area contributed by atoms with Gasteiger partial charge >= 0.3 is 17.7 Å². The SMILES string of the molecule is CCCC[n+]1c(-c2ccccc2)c2cc(NC(=O)OCC)ccc2c2ccc(NC(=O)OCC)cc21.O=S(=O)([O-])C(F)(F)F. The van der Waals surface area contributed by atoms with Crippen LogP contribution in [0.3, 0.4) is 0 Å². The van der Waals surface area contributed by atoms with Gasteiger partial charge in [0, 0.05) is 29.1 Å². The number of nitrogens with zero attached hydrogens (tertiary/aromatic N) is 1. The van der Waals surface area contributed by atoms with Gasteiger partial charge in [-0.25, -0.2) is 18.0 Å². The normalized spacial score (nSPS) is 11.4. The third kappa shape index (κ3) is 8.57. The summed E-state index contributed by atoms with van der Waals surface area (Å²) in [7, 11) is -6.09. The molecular weight excluding hydrogens is 603 g/mol. The molecule has 0 bridgehead atoms. The number of rotatable bonds is 8. The summed E-state index contributed by atoms with van der Waals surface area (Å²) in [6.07, 6.45) is 1.07. The largest absolute Gasteiger partial charge is 0.741 e. The Morgan fingerprint density at radius 3 is 1.84 bits per heavy atom. The number of aromatic nitrogens is 1. The van der Waals surface area contributed by atoms with Crippen LogP contribution in [0.25, 0.3) is 32.9 Å². The van der Waals surface area contributed by atoms with Gasteiger partial charge < -0.3 is 14.0 Å². The molecule has 2 N–H and O–H groups in total. The van der Waals surface area contributed by atoms with Gasteiger partial charge in [-0.1, -0.05) is 37.6 Å². The van der Waals surface area contributed by atoms with E-state index in [1.807, 2.05) is 54.6 Å². The summed E-state index contributed by atoms with van der Waals surface area (Å²) >= 11 is 0. The van der Waals surface area contributed by atoms with Crippen LogP contribution in [0.1, 0.15) is 33.6 Å². The number of carbonyl (C=O) groups excluding carboxylic acids is 2. The van der Waals surface area contributed by atoms with E-state index >= 15 is 0 Å². The van der Waals surface area contributed by atoms with Crippen molar-refractivity contribution in [1.82, 2.24) is 0 Å². The molecule has 1 aromatic heterocycles. The first-order chi connectivity index (χ1) is 20.8. The Morgan fingerprint density at radius 1 is 0.818 bits per heavy atom. The minimum Gasteiger partial charge on any atom is -0.741 e. The zero-order valence-corrected chi connectivity index (χ0v) is 25.0. The second-order valence-corrected chi connectivity index (χ2v) is 10.7. The summed E-state index contributed by atoms with van der Waals surface area (Å²) in [6, 6.07) is 22.0. The average molecular weight is 636 g/mol. The molecule has 0 radical (unpaired) electrons.